The van der Waals surface area contributed by atoms with Crippen LogP contribution in [0.3, 0.4) is 0 Å². The van der Waals surface area contributed by atoms with Gasteiger partial charge in [-0.1, -0.05) is 0 Å². The molecule has 1 fully saturated rings. The molecule has 7 heteroatoms. The van der Waals surface area contributed by atoms with Gasteiger partial charge >= 0.3 is 6.09 Å². The number of aromatic nitrogens is 1. The van der Waals surface area contributed by atoms with E-state index < -0.39 is 5.60 Å². The quantitative estimate of drug-likeness (QED) is 0.577. The van der Waals surface area contributed by atoms with E-state index in [1.54, 1.807) is 16.5 Å². The predicted octanol–water partition coefficient (Wildman–Crippen LogP) is 3.52. The Hall–Kier alpha value is -1.47. The maximum atomic E-state index is 12.3. The van der Waals surface area contributed by atoms with Crippen LogP contribution in [0.4, 0.5) is 4.79 Å². The SMILES string of the molecule is CC(C)(C)OC(=O)N1CCCC[C@@H]1CCOCC(=O)c1nccs1. The van der Waals surface area contributed by atoms with Gasteiger partial charge in [-0.25, -0.2) is 9.78 Å². The first-order valence-electron chi connectivity index (χ1n) is 8.37. The van der Waals surface area contributed by atoms with Crippen LogP contribution in [0.25, 0.3) is 0 Å². The maximum absolute atomic E-state index is 12.3. The van der Waals surface area contributed by atoms with Gasteiger partial charge in [0.25, 0.3) is 0 Å². The molecule has 0 N–H and O–H groups in total. The monoisotopic (exact) mass is 354 g/mol. The molecule has 24 heavy (non-hydrogen) atoms. The van der Waals surface area contributed by atoms with Crippen molar-refractivity contribution in [3.63, 3.8) is 0 Å². The molecule has 2 heterocycles. The molecule has 1 aliphatic rings. The summed E-state index contributed by atoms with van der Waals surface area (Å²) in [5.74, 6) is -0.0994. The highest BCUT2D eigenvalue weighted by atomic mass is 32.1. The molecule has 0 aromatic carbocycles. The summed E-state index contributed by atoms with van der Waals surface area (Å²) in [5, 5.41) is 2.25. The zero-order chi connectivity index (χ0) is 17.6. The number of rotatable bonds is 6. The first kappa shape index (κ1) is 18.9. The molecular weight excluding hydrogens is 328 g/mol. The van der Waals surface area contributed by atoms with Gasteiger partial charge in [0.05, 0.1) is 0 Å². The first-order valence-corrected chi connectivity index (χ1v) is 9.25. The van der Waals surface area contributed by atoms with Gasteiger partial charge in [0, 0.05) is 30.8 Å². The number of ether oxygens (including phenoxy) is 2. The Balaban J connectivity index is 1.76. The van der Waals surface area contributed by atoms with Gasteiger partial charge in [-0.2, -0.15) is 0 Å². The molecule has 0 saturated carbocycles. The second-order valence-electron chi connectivity index (χ2n) is 6.93. The molecule has 1 aromatic rings. The lowest BCUT2D eigenvalue weighted by Crippen LogP contribution is -2.46. The van der Waals surface area contributed by atoms with Crippen molar-refractivity contribution in [3.05, 3.63) is 16.6 Å². The van der Waals surface area contributed by atoms with Gasteiger partial charge in [0.15, 0.2) is 5.01 Å². The highest BCUT2D eigenvalue weighted by Crippen LogP contribution is 2.22. The van der Waals surface area contributed by atoms with Crippen molar-refractivity contribution in [2.45, 2.75) is 58.1 Å². The number of hydrogen-bond donors (Lipinski definition) is 0. The van der Waals surface area contributed by atoms with Crippen LogP contribution < -0.4 is 0 Å². The smallest absolute Gasteiger partial charge is 0.410 e. The minimum Gasteiger partial charge on any atom is -0.444 e. The van der Waals surface area contributed by atoms with Gasteiger partial charge in [-0.3, -0.25) is 4.79 Å². The third-order valence-corrected chi connectivity index (χ3v) is 4.57. The van der Waals surface area contributed by atoms with Crippen molar-refractivity contribution >= 4 is 23.2 Å². The van der Waals surface area contributed by atoms with E-state index in [1.165, 1.54) is 11.3 Å². The van der Waals surface area contributed by atoms with E-state index in [-0.39, 0.29) is 24.5 Å². The zero-order valence-electron chi connectivity index (χ0n) is 14.6. The standard InChI is InChI=1S/C17H26N2O4S/c1-17(2,3)23-16(21)19-9-5-4-6-13(19)7-10-22-12-14(20)15-18-8-11-24-15/h8,11,13H,4-7,9-10,12H2,1-3H3/t13-/m1/s1. The summed E-state index contributed by atoms with van der Waals surface area (Å²) in [7, 11) is 0. The fraction of sp³-hybridized carbons (Fsp3) is 0.706. The van der Waals surface area contributed by atoms with E-state index in [0.717, 1.165) is 25.8 Å². The summed E-state index contributed by atoms with van der Waals surface area (Å²) in [6.45, 7) is 6.82. The lowest BCUT2D eigenvalue weighted by molar-refractivity contribution is 0.00457. The largest absolute Gasteiger partial charge is 0.444 e. The van der Waals surface area contributed by atoms with Crippen molar-refractivity contribution in [2.24, 2.45) is 0 Å². The fourth-order valence-corrected chi connectivity index (χ4v) is 3.23. The minimum absolute atomic E-state index is 0.0344. The number of nitrogens with zero attached hydrogens (tertiary/aromatic N) is 2. The molecule has 2 rings (SSSR count). The van der Waals surface area contributed by atoms with E-state index in [2.05, 4.69) is 4.98 Å². The van der Waals surface area contributed by atoms with Crippen molar-refractivity contribution in [3.8, 4) is 0 Å². The average Bonchev–Trinajstić information content (AvgIpc) is 3.04. The Labute approximate surface area is 147 Å². The van der Waals surface area contributed by atoms with Crippen LogP contribution in [0.5, 0.6) is 0 Å². The number of carbonyl (C=O) groups excluding carboxylic acids is 2. The van der Waals surface area contributed by atoms with Gasteiger partial charge in [0.1, 0.15) is 12.2 Å². The van der Waals surface area contributed by atoms with E-state index in [1.807, 2.05) is 20.8 Å². The Morgan fingerprint density at radius 3 is 2.83 bits per heavy atom. The Bertz CT molecular complexity index is 539. The molecule has 0 radical (unpaired) electrons. The summed E-state index contributed by atoms with van der Waals surface area (Å²) in [4.78, 5) is 29.9. The molecule has 1 aromatic heterocycles. The molecule has 1 amide bonds. The van der Waals surface area contributed by atoms with Gasteiger partial charge in [-0.05, 0) is 46.5 Å². The topological polar surface area (TPSA) is 68.7 Å². The van der Waals surface area contributed by atoms with Crippen molar-refractivity contribution in [1.82, 2.24) is 9.88 Å². The van der Waals surface area contributed by atoms with Gasteiger partial charge in [0.2, 0.25) is 5.78 Å². The van der Waals surface area contributed by atoms with Crippen molar-refractivity contribution in [2.75, 3.05) is 19.8 Å². The van der Waals surface area contributed by atoms with Gasteiger partial charge < -0.3 is 14.4 Å². The molecule has 0 bridgehead atoms. The third-order valence-electron chi connectivity index (χ3n) is 3.75. The summed E-state index contributed by atoms with van der Waals surface area (Å²) < 4.78 is 11.0. The second kappa shape index (κ2) is 8.58. The Morgan fingerprint density at radius 2 is 2.17 bits per heavy atom. The van der Waals surface area contributed by atoms with E-state index >= 15 is 0 Å². The van der Waals surface area contributed by atoms with Crippen molar-refractivity contribution in [1.29, 1.82) is 0 Å². The lowest BCUT2D eigenvalue weighted by Gasteiger charge is -2.36. The number of thiazole rings is 1. The van der Waals surface area contributed by atoms with Crippen LogP contribution in [0.1, 0.15) is 56.3 Å². The van der Waals surface area contributed by atoms with E-state index in [0.29, 0.717) is 18.0 Å². The molecule has 1 atom stereocenters. The first-order chi connectivity index (χ1) is 11.4. The fourth-order valence-electron chi connectivity index (χ4n) is 2.67. The molecular formula is C17H26N2O4S. The van der Waals surface area contributed by atoms with Crippen LogP contribution in [0.15, 0.2) is 11.6 Å². The molecule has 0 unspecified atom stereocenters. The molecule has 1 aliphatic heterocycles. The number of amides is 1. The van der Waals surface area contributed by atoms with Crippen molar-refractivity contribution < 1.29 is 19.1 Å². The van der Waals surface area contributed by atoms with Crippen LogP contribution in [-0.4, -0.2) is 53.2 Å². The maximum Gasteiger partial charge on any atom is 0.410 e. The Morgan fingerprint density at radius 1 is 1.38 bits per heavy atom. The Kier molecular flexibility index (Phi) is 6.74. The second-order valence-corrected chi connectivity index (χ2v) is 7.82. The minimum atomic E-state index is -0.490. The zero-order valence-corrected chi connectivity index (χ0v) is 15.4. The number of likely N-dealkylation sites (tertiary alicyclic amines) is 1. The predicted molar refractivity (Wildman–Crippen MR) is 92.5 cm³/mol. The molecule has 134 valence electrons. The highest BCUT2D eigenvalue weighted by molar-refractivity contribution is 7.11. The number of ketones is 1. The van der Waals surface area contributed by atoms with Crippen LogP contribution in [-0.2, 0) is 9.47 Å². The molecule has 1 saturated heterocycles. The summed E-state index contributed by atoms with van der Waals surface area (Å²) in [5.41, 5.74) is -0.490. The molecule has 6 nitrogen and oxygen atoms in total. The lowest BCUT2D eigenvalue weighted by atomic mass is 10.0. The van der Waals surface area contributed by atoms with Crippen LogP contribution in [0.2, 0.25) is 0 Å². The summed E-state index contributed by atoms with van der Waals surface area (Å²) in [6, 6.07) is 0.114. The normalized spacial score (nSPS) is 18.5. The van der Waals surface area contributed by atoms with Crippen LogP contribution in [0, 0.1) is 0 Å². The third kappa shape index (κ3) is 5.87. The van der Waals surface area contributed by atoms with E-state index in [4.69, 9.17) is 9.47 Å². The summed E-state index contributed by atoms with van der Waals surface area (Å²) >= 11 is 1.32. The van der Waals surface area contributed by atoms with Gasteiger partial charge in [-0.15, -0.1) is 11.3 Å². The average molecular weight is 354 g/mol. The molecule has 0 spiro atoms. The molecule has 0 aliphatic carbocycles. The number of carbonyl (C=O) groups is 2. The highest BCUT2D eigenvalue weighted by Gasteiger charge is 2.30. The number of Topliss-reactive ketones (excluding diaryl/α,β-unsaturated/α-hetero) is 1. The summed E-state index contributed by atoms with van der Waals surface area (Å²) in [6.07, 6.45) is 5.11. The van der Waals surface area contributed by atoms with Crippen LogP contribution >= 0.6 is 11.3 Å². The number of hydrogen-bond acceptors (Lipinski definition) is 6. The number of piperidine rings is 1. The van der Waals surface area contributed by atoms with E-state index in [9.17, 15) is 9.59 Å².